The molecular weight excluding hydrogens is 320 g/mol. The molecule has 0 spiro atoms. The number of H-pyrrole nitrogens is 1. The molecule has 0 saturated heterocycles. The maximum absolute atomic E-state index is 12.2. The first-order valence-corrected chi connectivity index (χ1v) is 7.21. The number of Topliss-reactive ketones (excluding diaryl/α,β-unsaturated/α-hetero) is 2. The van der Waals surface area contributed by atoms with Crippen LogP contribution in [0.1, 0.15) is 49.4 Å². The fourth-order valence-corrected chi connectivity index (χ4v) is 2.57. The van der Waals surface area contributed by atoms with E-state index in [1.54, 1.807) is 19.9 Å². The number of hydrogen-bond acceptors (Lipinski definition) is 5. The molecule has 0 saturated carbocycles. The highest BCUT2D eigenvalue weighted by atomic mass is 35.5. The van der Waals surface area contributed by atoms with E-state index in [-0.39, 0.29) is 22.2 Å². The third-order valence-electron chi connectivity index (χ3n) is 3.38. The largest absolute Gasteiger partial charge is 0.454 e. The number of pyridine rings is 1. The van der Waals surface area contributed by atoms with Crippen molar-refractivity contribution in [1.82, 2.24) is 9.97 Å². The first-order chi connectivity index (χ1) is 10.8. The summed E-state index contributed by atoms with van der Waals surface area (Å²) in [4.78, 5) is 42.3. The Kier molecular flexibility index (Phi) is 4.95. The number of aromatic nitrogens is 2. The summed E-state index contributed by atoms with van der Waals surface area (Å²) in [6, 6.07) is 3.00. The number of nitrogens with zero attached hydrogens (tertiary/aromatic N) is 1. The highest BCUT2D eigenvalue weighted by Gasteiger charge is 2.21. The molecule has 6 nitrogen and oxygen atoms in total. The van der Waals surface area contributed by atoms with E-state index in [1.807, 2.05) is 0 Å². The van der Waals surface area contributed by atoms with Crippen LogP contribution in [0.3, 0.4) is 0 Å². The molecule has 0 bridgehead atoms. The van der Waals surface area contributed by atoms with Crippen LogP contribution < -0.4 is 0 Å². The minimum absolute atomic E-state index is 0.00992. The first-order valence-electron chi connectivity index (χ1n) is 6.83. The molecule has 0 atom stereocenters. The zero-order valence-electron chi connectivity index (χ0n) is 12.9. The van der Waals surface area contributed by atoms with Gasteiger partial charge in [0.05, 0.1) is 11.3 Å². The number of aromatic amines is 1. The number of carbonyl (C=O) groups excluding carboxylic acids is 3. The third-order valence-corrected chi connectivity index (χ3v) is 3.68. The quantitative estimate of drug-likeness (QED) is 0.516. The van der Waals surface area contributed by atoms with Gasteiger partial charge in [0, 0.05) is 17.5 Å². The fourth-order valence-electron chi connectivity index (χ4n) is 2.38. The minimum Gasteiger partial charge on any atom is -0.454 e. The van der Waals surface area contributed by atoms with Gasteiger partial charge >= 0.3 is 5.97 Å². The molecule has 7 heteroatoms. The van der Waals surface area contributed by atoms with Gasteiger partial charge in [0.25, 0.3) is 0 Å². The number of hydrogen-bond donors (Lipinski definition) is 1. The van der Waals surface area contributed by atoms with Gasteiger partial charge in [0.1, 0.15) is 5.15 Å². The van der Waals surface area contributed by atoms with Crippen LogP contribution in [0.5, 0.6) is 0 Å². The van der Waals surface area contributed by atoms with Gasteiger partial charge in [-0.1, -0.05) is 11.6 Å². The molecule has 23 heavy (non-hydrogen) atoms. The van der Waals surface area contributed by atoms with Gasteiger partial charge in [0.15, 0.2) is 12.4 Å². The molecule has 0 aliphatic rings. The number of nitrogens with one attached hydrogen (secondary N) is 1. The molecule has 2 aromatic rings. The number of halogens is 1. The second-order valence-electron chi connectivity index (χ2n) is 5.02. The second-order valence-corrected chi connectivity index (χ2v) is 5.38. The summed E-state index contributed by atoms with van der Waals surface area (Å²) >= 11 is 5.80. The number of carbonyl (C=O) groups is 3. The van der Waals surface area contributed by atoms with E-state index in [0.717, 1.165) is 0 Å². The van der Waals surface area contributed by atoms with E-state index < -0.39 is 18.4 Å². The van der Waals surface area contributed by atoms with Gasteiger partial charge in [-0.15, -0.1) is 0 Å². The van der Waals surface area contributed by atoms with Crippen molar-refractivity contribution in [2.24, 2.45) is 0 Å². The zero-order chi connectivity index (χ0) is 17.1. The van der Waals surface area contributed by atoms with Crippen LogP contribution >= 0.6 is 11.6 Å². The molecule has 0 aromatic carbocycles. The van der Waals surface area contributed by atoms with E-state index in [0.29, 0.717) is 16.8 Å². The van der Waals surface area contributed by atoms with E-state index in [4.69, 9.17) is 16.3 Å². The topological polar surface area (TPSA) is 89.1 Å². The summed E-state index contributed by atoms with van der Waals surface area (Å²) in [7, 11) is 0. The van der Waals surface area contributed by atoms with Gasteiger partial charge < -0.3 is 9.72 Å². The predicted octanol–water partition coefficient (Wildman–Crippen LogP) is 2.92. The lowest BCUT2D eigenvalue weighted by molar-refractivity contribution is 0.0473. The normalized spacial score (nSPS) is 10.4. The van der Waals surface area contributed by atoms with Crippen LogP contribution in [0.25, 0.3) is 0 Å². The third kappa shape index (κ3) is 3.48. The Hall–Kier alpha value is -2.47. The van der Waals surface area contributed by atoms with Gasteiger partial charge in [-0.25, -0.2) is 9.78 Å². The van der Waals surface area contributed by atoms with Crippen molar-refractivity contribution < 1.29 is 19.1 Å². The summed E-state index contributed by atoms with van der Waals surface area (Å²) < 4.78 is 4.97. The molecular formula is C16H15ClN2O4. The van der Waals surface area contributed by atoms with Gasteiger partial charge in [0.2, 0.25) is 5.78 Å². The van der Waals surface area contributed by atoms with Crippen molar-refractivity contribution in [2.45, 2.75) is 20.8 Å². The van der Waals surface area contributed by atoms with Crippen LogP contribution in [0.2, 0.25) is 5.15 Å². The monoisotopic (exact) mass is 334 g/mol. The summed E-state index contributed by atoms with van der Waals surface area (Å²) in [5.74, 6) is -1.29. The van der Waals surface area contributed by atoms with Crippen molar-refractivity contribution in [2.75, 3.05) is 6.61 Å². The van der Waals surface area contributed by atoms with Crippen LogP contribution in [-0.4, -0.2) is 34.1 Å². The zero-order valence-corrected chi connectivity index (χ0v) is 13.7. The maximum Gasteiger partial charge on any atom is 0.341 e. The number of ether oxygens (including phenoxy) is 1. The molecule has 2 aromatic heterocycles. The molecule has 120 valence electrons. The highest BCUT2D eigenvalue weighted by Crippen LogP contribution is 2.19. The lowest BCUT2D eigenvalue weighted by Gasteiger charge is -2.05. The number of ketones is 2. The van der Waals surface area contributed by atoms with Crippen LogP contribution in [0.15, 0.2) is 18.3 Å². The maximum atomic E-state index is 12.2. The summed E-state index contributed by atoms with van der Waals surface area (Å²) in [5, 5.41) is 0.00992. The van der Waals surface area contributed by atoms with Crippen molar-refractivity contribution >= 4 is 29.1 Å². The molecule has 2 heterocycles. The van der Waals surface area contributed by atoms with Crippen molar-refractivity contribution in [3.63, 3.8) is 0 Å². The Morgan fingerprint density at radius 2 is 2.00 bits per heavy atom. The van der Waals surface area contributed by atoms with Crippen molar-refractivity contribution in [3.8, 4) is 0 Å². The molecule has 1 N–H and O–H groups in total. The fraction of sp³-hybridized carbons (Fsp3) is 0.250. The Labute approximate surface area is 137 Å². The number of aryl methyl sites for hydroxylation is 1. The average molecular weight is 335 g/mol. The highest BCUT2D eigenvalue weighted by molar-refractivity contribution is 6.32. The standard InChI is InChI=1S/C16H15ClN2O4/c1-8-13(10(3)20)9(2)19-14(8)12(21)7-23-16(22)11-5-4-6-18-15(11)17/h4-6,19H,7H2,1-3H3. The molecule has 0 unspecified atom stereocenters. The van der Waals surface area contributed by atoms with Crippen LogP contribution in [0.4, 0.5) is 0 Å². The van der Waals surface area contributed by atoms with E-state index in [2.05, 4.69) is 9.97 Å². The molecule has 0 aliphatic carbocycles. The summed E-state index contributed by atoms with van der Waals surface area (Å²) in [5.41, 5.74) is 1.99. The lowest BCUT2D eigenvalue weighted by Crippen LogP contribution is -2.16. The van der Waals surface area contributed by atoms with Gasteiger partial charge in [-0.05, 0) is 38.5 Å². The van der Waals surface area contributed by atoms with E-state index in [9.17, 15) is 14.4 Å². The van der Waals surface area contributed by atoms with Crippen LogP contribution in [0, 0.1) is 13.8 Å². The SMILES string of the molecule is CC(=O)c1c(C)[nH]c(C(=O)COC(=O)c2cccnc2Cl)c1C. The Bertz CT molecular complexity index is 795. The smallest absolute Gasteiger partial charge is 0.341 e. The van der Waals surface area contributed by atoms with Crippen molar-refractivity contribution in [3.05, 3.63) is 51.6 Å². The summed E-state index contributed by atoms with van der Waals surface area (Å²) in [6.45, 7) is 4.36. The number of rotatable bonds is 5. The second kappa shape index (κ2) is 6.75. The Morgan fingerprint density at radius 3 is 2.57 bits per heavy atom. The molecule has 0 fully saturated rings. The van der Waals surface area contributed by atoms with Crippen LogP contribution in [-0.2, 0) is 4.74 Å². The Balaban J connectivity index is 2.12. The first kappa shape index (κ1) is 16.9. The van der Waals surface area contributed by atoms with Crippen molar-refractivity contribution in [1.29, 1.82) is 0 Å². The summed E-state index contributed by atoms with van der Waals surface area (Å²) in [6.07, 6.45) is 1.44. The molecule has 0 radical (unpaired) electrons. The predicted molar refractivity (Wildman–Crippen MR) is 84.1 cm³/mol. The van der Waals surface area contributed by atoms with Gasteiger partial charge in [-0.2, -0.15) is 0 Å². The van der Waals surface area contributed by atoms with E-state index >= 15 is 0 Å². The number of esters is 1. The molecule has 0 amide bonds. The average Bonchev–Trinajstić information content (AvgIpc) is 2.80. The van der Waals surface area contributed by atoms with Gasteiger partial charge in [-0.3, -0.25) is 9.59 Å². The molecule has 0 aliphatic heterocycles. The van der Waals surface area contributed by atoms with E-state index in [1.165, 1.54) is 19.2 Å². The lowest BCUT2D eigenvalue weighted by atomic mass is 10.1. The Morgan fingerprint density at radius 1 is 1.30 bits per heavy atom. The molecule has 2 rings (SSSR count). The minimum atomic E-state index is -0.732.